The first kappa shape index (κ1) is 20.1. The molecule has 7 heteroatoms. The number of fused-ring (bicyclic) bond motifs is 1. The third-order valence-electron chi connectivity index (χ3n) is 4.31. The van der Waals surface area contributed by atoms with E-state index >= 15 is 0 Å². The first-order chi connectivity index (χ1) is 13.5. The minimum absolute atomic E-state index is 0.00786. The zero-order valence-electron chi connectivity index (χ0n) is 16.8. The largest absolute Gasteiger partial charge is 0.494 e. The van der Waals surface area contributed by atoms with Crippen LogP contribution in [-0.2, 0) is 4.79 Å². The van der Waals surface area contributed by atoms with Crippen LogP contribution < -0.4 is 15.4 Å². The van der Waals surface area contributed by atoms with Crippen molar-refractivity contribution in [3.63, 3.8) is 0 Å². The van der Waals surface area contributed by atoms with Crippen molar-refractivity contribution in [1.82, 2.24) is 15.3 Å². The minimum atomic E-state index is -0.00786. The summed E-state index contributed by atoms with van der Waals surface area (Å²) in [5, 5.41) is 7.31. The summed E-state index contributed by atoms with van der Waals surface area (Å²) in [5.41, 5.74) is 2.29. The van der Waals surface area contributed by atoms with Gasteiger partial charge >= 0.3 is 0 Å². The van der Waals surface area contributed by atoms with Gasteiger partial charge in [-0.2, -0.15) is 0 Å². The fourth-order valence-electron chi connectivity index (χ4n) is 3.14. The summed E-state index contributed by atoms with van der Waals surface area (Å²) in [6.07, 6.45) is 0.825. The first-order valence-electron chi connectivity index (χ1n) is 9.49. The Morgan fingerprint density at radius 3 is 2.57 bits per heavy atom. The number of aromatic nitrogens is 2. The fraction of sp³-hybridized carbons (Fsp3) is 0.381. The molecule has 0 aliphatic rings. The molecule has 28 heavy (non-hydrogen) atoms. The van der Waals surface area contributed by atoms with Crippen LogP contribution in [0.2, 0.25) is 0 Å². The number of nitrogens with zero attached hydrogens (tertiary/aromatic N) is 2. The van der Waals surface area contributed by atoms with Gasteiger partial charge in [0.2, 0.25) is 5.91 Å². The molecule has 0 unspecified atom stereocenters. The monoisotopic (exact) mass is 398 g/mol. The van der Waals surface area contributed by atoms with Gasteiger partial charge in [0.1, 0.15) is 22.2 Å². The normalized spacial score (nSPS) is 10.9. The Hall–Kier alpha value is -2.67. The first-order valence-corrected chi connectivity index (χ1v) is 10.3. The number of thiophene rings is 1. The maximum Gasteiger partial charge on any atom is 0.216 e. The number of benzene rings is 1. The molecule has 0 spiro atoms. The second-order valence-corrected chi connectivity index (χ2v) is 7.76. The van der Waals surface area contributed by atoms with Crippen molar-refractivity contribution in [2.75, 3.05) is 25.0 Å². The Balaban J connectivity index is 1.92. The van der Waals surface area contributed by atoms with E-state index in [-0.39, 0.29) is 5.91 Å². The van der Waals surface area contributed by atoms with Gasteiger partial charge in [-0.1, -0.05) is 12.1 Å². The standard InChI is InChI=1S/C21H26N4O2S/c1-5-27-17-9-7-16(8-10-17)18-13(2)28-21-19(18)20(24-14(3)25-21)23-12-6-11-22-15(4)26/h7-10H,5-6,11-12H2,1-4H3,(H,22,26)(H,23,24,25). The summed E-state index contributed by atoms with van der Waals surface area (Å²) in [6, 6.07) is 8.16. The third-order valence-corrected chi connectivity index (χ3v) is 5.31. The molecule has 0 atom stereocenters. The molecule has 0 fully saturated rings. The number of carbonyl (C=O) groups is 1. The summed E-state index contributed by atoms with van der Waals surface area (Å²) in [5.74, 6) is 2.45. The molecule has 0 bridgehead atoms. The maximum atomic E-state index is 11.0. The maximum absolute atomic E-state index is 11.0. The second kappa shape index (κ2) is 9.01. The number of ether oxygens (including phenoxy) is 1. The van der Waals surface area contributed by atoms with Gasteiger partial charge in [-0.15, -0.1) is 11.3 Å². The minimum Gasteiger partial charge on any atom is -0.494 e. The van der Waals surface area contributed by atoms with E-state index in [4.69, 9.17) is 4.74 Å². The van der Waals surface area contributed by atoms with Gasteiger partial charge in [0.05, 0.1) is 12.0 Å². The van der Waals surface area contributed by atoms with Crippen molar-refractivity contribution in [3.05, 3.63) is 35.0 Å². The molecule has 3 rings (SSSR count). The van der Waals surface area contributed by atoms with E-state index in [1.165, 1.54) is 11.8 Å². The van der Waals surface area contributed by atoms with Crippen molar-refractivity contribution in [1.29, 1.82) is 0 Å². The predicted octanol–water partition coefficient (Wildman–Crippen LogP) is 4.31. The molecule has 6 nitrogen and oxygen atoms in total. The van der Waals surface area contributed by atoms with Gasteiger partial charge in [0, 0.05) is 30.5 Å². The zero-order chi connectivity index (χ0) is 20.1. The average molecular weight is 399 g/mol. The number of anilines is 1. The van der Waals surface area contributed by atoms with Crippen LogP contribution >= 0.6 is 11.3 Å². The molecule has 3 aromatic rings. The van der Waals surface area contributed by atoms with Crippen LogP contribution in [0.25, 0.3) is 21.3 Å². The lowest BCUT2D eigenvalue weighted by Gasteiger charge is -2.11. The molecule has 0 saturated carbocycles. The van der Waals surface area contributed by atoms with Gasteiger partial charge in [0.15, 0.2) is 0 Å². The number of hydrogen-bond acceptors (Lipinski definition) is 6. The molecule has 0 saturated heterocycles. The summed E-state index contributed by atoms with van der Waals surface area (Å²) in [6.45, 7) is 9.56. The summed E-state index contributed by atoms with van der Waals surface area (Å²) < 4.78 is 5.56. The van der Waals surface area contributed by atoms with E-state index in [9.17, 15) is 4.79 Å². The SMILES string of the molecule is CCOc1ccc(-c2c(C)sc3nc(C)nc(NCCCNC(C)=O)c23)cc1. The van der Waals surface area contributed by atoms with E-state index in [0.29, 0.717) is 13.2 Å². The van der Waals surface area contributed by atoms with E-state index in [1.807, 2.05) is 26.0 Å². The van der Waals surface area contributed by atoms with E-state index in [2.05, 4.69) is 39.7 Å². The quantitative estimate of drug-likeness (QED) is 0.553. The summed E-state index contributed by atoms with van der Waals surface area (Å²) in [4.78, 5) is 22.5. The summed E-state index contributed by atoms with van der Waals surface area (Å²) >= 11 is 1.68. The number of rotatable bonds is 8. The average Bonchev–Trinajstić information content (AvgIpc) is 2.97. The molecule has 148 valence electrons. The predicted molar refractivity (Wildman–Crippen MR) is 115 cm³/mol. The molecule has 0 aliphatic carbocycles. The van der Waals surface area contributed by atoms with Gasteiger partial charge in [-0.3, -0.25) is 4.79 Å². The van der Waals surface area contributed by atoms with Gasteiger partial charge in [0.25, 0.3) is 0 Å². The number of hydrogen-bond donors (Lipinski definition) is 2. The van der Waals surface area contributed by atoms with Gasteiger partial charge in [-0.05, 0) is 44.9 Å². The molecule has 2 N–H and O–H groups in total. The van der Waals surface area contributed by atoms with Crippen LogP contribution in [0.15, 0.2) is 24.3 Å². The Bertz CT molecular complexity index is 967. The molecule has 1 amide bonds. The van der Waals surface area contributed by atoms with Crippen molar-refractivity contribution >= 4 is 33.3 Å². The number of carbonyl (C=O) groups excluding carboxylic acids is 1. The Kier molecular flexibility index (Phi) is 6.46. The lowest BCUT2D eigenvalue weighted by Crippen LogP contribution is -2.22. The zero-order valence-corrected chi connectivity index (χ0v) is 17.6. The van der Waals surface area contributed by atoms with Crippen LogP contribution in [0, 0.1) is 13.8 Å². The lowest BCUT2D eigenvalue weighted by atomic mass is 10.0. The van der Waals surface area contributed by atoms with Crippen LogP contribution in [0.5, 0.6) is 5.75 Å². The highest BCUT2D eigenvalue weighted by Crippen LogP contribution is 2.41. The van der Waals surface area contributed by atoms with Crippen molar-refractivity contribution in [2.24, 2.45) is 0 Å². The van der Waals surface area contributed by atoms with Gasteiger partial charge in [-0.25, -0.2) is 9.97 Å². The lowest BCUT2D eigenvalue weighted by molar-refractivity contribution is -0.118. The molecule has 0 radical (unpaired) electrons. The summed E-state index contributed by atoms with van der Waals surface area (Å²) in [7, 11) is 0. The van der Waals surface area contributed by atoms with Crippen LogP contribution in [0.3, 0.4) is 0 Å². The van der Waals surface area contributed by atoms with E-state index < -0.39 is 0 Å². The Morgan fingerprint density at radius 2 is 1.89 bits per heavy atom. The van der Waals surface area contributed by atoms with E-state index in [1.54, 1.807) is 11.3 Å². The smallest absolute Gasteiger partial charge is 0.216 e. The van der Waals surface area contributed by atoms with Crippen LogP contribution in [-0.4, -0.2) is 35.6 Å². The molecule has 0 aliphatic heterocycles. The molecular weight excluding hydrogens is 372 g/mol. The van der Waals surface area contributed by atoms with Crippen LogP contribution in [0.1, 0.15) is 31.0 Å². The number of aryl methyl sites for hydroxylation is 2. The Morgan fingerprint density at radius 1 is 1.14 bits per heavy atom. The molecule has 2 aromatic heterocycles. The Labute approximate surface area is 169 Å². The number of nitrogens with one attached hydrogen (secondary N) is 2. The second-order valence-electron chi connectivity index (χ2n) is 6.55. The highest BCUT2D eigenvalue weighted by molar-refractivity contribution is 7.19. The number of amides is 1. The van der Waals surface area contributed by atoms with Crippen molar-refractivity contribution < 1.29 is 9.53 Å². The topological polar surface area (TPSA) is 76.1 Å². The molecular formula is C21H26N4O2S. The highest BCUT2D eigenvalue weighted by Gasteiger charge is 2.17. The van der Waals surface area contributed by atoms with E-state index in [0.717, 1.165) is 51.7 Å². The van der Waals surface area contributed by atoms with Gasteiger partial charge < -0.3 is 15.4 Å². The van der Waals surface area contributed by atoms with Crippen molar-refractivity contribution in [2.45, 2.75) is 34.1 Å². The molecule has 1 aromatic carbocycles. The highest BCUT2D eigenvalue weighted by atomic mass is 32.1. The van der Waals surface area contributed by atoms with Crippen LogP contribution in [0.4, 0.5) is 5.82 Å². The fourth-order valence-corrected chi connectivity index (χ4v) is 4.23. The van der Waals surface area contributed by atoms with Crippen molar-refractivity contribution in [3.8, 4) is 16.9 Å². The molecule has 2 heterocycles. The third kappa shape index (κ3) is 4.59.